The predicted octanol–water partition coefficient (Wildman–Crippen LogP) is 3.92. The number of hydrazine groups is 1. The molecular weight excluding hydrogens is 332 g/mol. The summed E-state index contributed by atoms with van der Waals surface area (Å²) in [6.45, 7) is 2.10. The second kappa shape index (κ2) is 7.84. The molecule has 0 saturated heterocycles. The van der Waals surface area contributed by atoms with Crippen molar-refractivity contribution >= 4 is 27.7 Å². The topological polar surface area (TPSA) is 38.0 Å². The molecule has 0 aliphatic carbocycles. The Hall–Kier alpha value is -0.810. The Morgan fingerprint density at radius 3 is 2.60 bits per heavy atom. The first-order valence-corrected chi connectivity index (χ1v) is 8.35. The molecule has 0 radical (unpaired) electrons. The standard InChI is InChI=1S/C16H19BrN2S/c1-12-5-7-13(8-6-12)9-15(19-18)11-20-16-4-2-3-14(17)10-16/h2-8,10,15,19H,9,11,18H2,1H3. The van der Waals surface area contributed by atoms with E-state index in [9.17, 15) is 0 Å². The molecule has 0 saturated carbocycles. The number of thioether (sulfide) groups is 1. The maximum Gasteiger partial charge on any atom is 0.0344 e. The average molecular weight is 351 g/mol. The van der Waals surface area contributed by atoms with E-state index in [0.717, 1.165) is 16.6 Å². The second-order valence-corrected chi connectivity index (χ2v) is 6.83. The molecule has 3 N–H and O–H groups in total. The fraction of sp³-hybridized carbons (Fsp3) is 0.250. The Morgan fingerprint density at radius 1 is 1.20 bits per heavy atom. The van der Waals surface area contributed by atoms with E-state index < -0.39 is 0 Å². The van der Waals surface area contributed by atoms with Gasteiger partial charge in [-0.05, 0) is 37.1 Å². The van der Waals surface area contributed by atoms with Crippen LogP contribution >= 0.6 is 27.7 Å². The molecule has 4 heteroatoms. The molecule has 20 heavy (non-hydrogen) atoms. The second-order valence-electron chi connectivity index (χ2n) is 4.82. The van der Waals surface area contributed by atoms with Gasteiger partial charge in [0.15, 0.2) is 0 Å². The van der Waals surface area contributed by atoms with Crippen LogP contribution in [0.2, 0.25) is 0 Å². The molecule has 2 nitrogen and oxygen atoms in total. The van der Waals surface area contributed by atoms with Crippen LogP contribution in [0.4, 0.5) is 0 Å². The predicted molar refractivity (Wildman–Crippen MR) is 90.9 cm³/mol. The first kappa shape index (κ1) is 15.6. The third-order valence-corrected chi connectivity index (χ3v) is 4.74. The van der Waals surface area contributed by atoms with Gasteiger partial charge in [-0.25, -0.2) is 0 Å². The van der Waals surface area contributed by atoms with Crippen LogP contribution in [-0.2, 0) is 6.42 Å². The highest BCUT2D eigenvalue weighted by Crippen LogP contribution is 2.23. The van der Waals surface area contributed by atoms with Gasteiger partial charge in [-0.2, -0.15) is 0 Å². The Labute approximate surface area is 133 Å². The van der Waals surface area contributed by atoms with Gasteiger partial charge in [0.05, 0.1) is 0 Å². The molecule has 106 valence electrons. The molecule has 1 unspecified atom stereocenters. The summed E-state index contributed by atoms with van der Waals surface area (Å²) in [6.07, 6.45) is 0.942. The van der Waals surface area contributed by atoms with E-state index in [1.54, 1.807) is 0 Å². The summed E-state index contributed by atoms with van der Waals surface area (Å²) in [6, 6.07) is 17.2. The number of halogens is 1. The van der Waals surface area contributed by atoms with Gasteiger partial charge >= 0.3 is 0 Å². The molecule has 0 heterocycles. The molecule has 0 aliphatic rings. The van der Waals surface area contributed by atoms with Crippen molar-refractivity contribution in [1.82, 2.24) is 5.43 Å². The number of benzene rings is 2. The highest BCUT2D eigenvalue weighted by molar-refractivity contribution is 9.10. The van der Waals surface area contributed by atoms with Crippen LogP contribution in [0.5, 0.6) is 0 Å². The summed E-state index contributed by atoms with van der Waals surface area (Å²) in [4.78, 5) is 1.25. The van der Waals surface area contributed by atoms with Gasteiger partial charge in [0.1, 0.15) is 0 Å². The summed E-state index contributed by atoms with van der Waals surface area (Å²) in [5, 5.41) is 0. The number of hydrogen-bond acceptors (Lipinski definition) is 3. The van der Waals surface area contributed by atoms with Crippen molar-refractivity contribution in [3.05, 3.63) is 64.1 Å². The zero-order valence-corrected chi connectivity index (χ0v) is 13.9. The molecule has 2 aromatic rings. The van der Waals surface area contributed by atoms with Gasteiger partial charge in [-0.3, -0.25) is 11.3 Å². The van der Waals surface area contributed by atoms with Crippen molar-refractivity contribution in [1.29, 1.82) is 0 Å². The summed E-state index contributed by atoms with van der Waals surface area (Å²) < 4.78 is 1.11. The lowest BCUT2D eigenvalue weighted by atomic mass is 10.1. The number of aryl methyl sites for hydroxylation is 1. The van der Waals surface area contributed by atoms with E-state index in [2.05, 4.69) is 70.7 Å². The van der Waals surface area contributed by atoms with Crippen LogP contribution in [-0.4, -0.2) is 11.8 Å². The first-order valence-electron chi connectivity index (χ1n) is 6.57. The average Bonchev–Trinajstić information content (AvgIpc) is 2.45. The molecule has 2 aromatic carbocycles. The molecule has 0 spiro atoms. The molecular formula is C16H19BrN2S. The van der Waals surface area contributed by atoms with E-state index in [0.29, 0.717) is 0 Å². The fourth-order valence-corrected chi connectivity index (χ4v) is 3.47. The largest absolute Gasteiger partial charge is 0.271 e. The lowest BCUT2D eigenvalue weighted by Gasteiger charge is -2.15. The van der Waals surface area contributed by atoms with Gasteiger partial charge in [0.2, 0.25) is 0 Å². The number of rotatable bonds is 6. The normalized spacial score (nSPS) is 12.3. The minimum absolute atomic E-state index is 0.265. The molecule has 0 aromatic heterocycles. The molecule has 0 aliphatic heterocycles. The van der Waals surface area contributed by atoms with Crippen LogP contribution in [0.3, 0.4) is 0 Å². The highest BCUT2D eigenvalue weighted by Gasteiger charge is 2.08. The Bertz CT molecular complexity index is 542. The van der Waals surface area contributed by atoms with Crippen molar-refractivity contribution in [2.24, 2.45) is 5.84 Å². The van der Waals surface area contributed by atoms with Crippen molar-refractivity contribution in [2.75, 3.05) is 5.75 Å². The fourth-order valence-electron chi connectivity index (χ4n) is 1.93. The summed E-state index contributed by atoms with van der Waals surface area (Å²) in [7, 11) is 0. The zero-order valence-electron chi connectivity index (χ0n) is 11.5. The van der Waals surface area contributed by atoms with Crippen LogP contribution in [0.15, 0.2) is 57.9 Å². The van der Waals surface area contributed by atoms with Crippen LogP contribution < -0.4 is 11.3 Å². The Balaban J connectivity index is 1.90. The lowest BCUT2D eigenvalue weighted by molar-refractivity contribution is 0.575. The number of nitrogens with one attached hydrogen (secondary N) is 1. The van der Waals surface area contributed by atoms with E-state index >= 15 is 0 Å². The molecule has 1 atom stereocenters. The van der Waals surface area contributed by atoms with Gasteiger partial charge in [0.25, 0.3) is 0 Å². The van der Waals surface area contributed by atoms with E-state index in [1.807, 2.05) is 17.8 Å². The summed E-state index contributed by atoms with van der Waals surface area (Å²) in [5.74, 6) is 6.62. The van der Waals surface area contributed by atoms with Crippen molar-refractivity contribution in [3.8, 4) is 0 Å². The monoisotopic (exact) mass is 350 g/mol. The Morgan fingerprint density at radius 2 is 1.95 bits per heavy atom. The van der Waals surface area contributed by atoms with Gasteiger partial charge in [0, 0.05) is 21.2 Å². The lowest BCUT2D eigenvalue weighted by Crippen LogP contribution is -2.38. The van der Waals surface area contributed by atoms with E-state index in [1.165, 1.54) is 16.0 Å². The number of hydrogen-bond donors (Lipinski definition) is 2. The van der Waals surface area contributed by atoms with Gasteiger partial charge in [-0.15, -0.1) is 11.8 Å². The molecule has 0 fully saturated rings. The summed E-state index contributed by atoms with van der Waals surface area (Å²) in [5.41, 5.74) is 5.52. The molecule has 0 amide bonds. The van der Waals surface area contributed by atoms with E-state index in [4.69, 9.17) is 5.84 Å². The summed E-state index contributed by atoms with van der Waals surface area (Å²) >= 11 is 5.31. The van der Waals surface area contributed by atoms with Crippen molar-refractivity contribution in [3.63, 3.8) is 0 Å². The maximum absolute atomic E-state index is 5.67. The van der Waals surface area contributed by atoms with Crippen molar-refractivity contribution in [2.45, 2.75) is 24.3 Å². The molecule has 0 bridgehead atoms. The smallest absolute Gasteiger partial charge is 0.0344 e. The number of nitrogens with two attached hydrogens (primary N) is 1. The third-order valence-electron chi connectivity index (χ3n) is 3.09. The van der Waals surface area contributed by atoms with Crippen LogP contribution in [0.1, 0.15) is 11.1 Å². The SMILES string of the molecule is Cc1ccc(CC(CSc2cccc(Br)c2)NN)cc1. The quantitative estimate of drug-likeness (QED) is 0.471. The van der Waals surface area contributed by atoms with Crippen LogP contribution in [0, 0.1) is 6.92 Å². The molecule has 2 rings (SSSR count). The Kier molecular flexibility index (Phi) is 6.10. The maximum atomic E-state index is 5.67. The van der Waals surface area contributed by atoms with E-state index in [-0.39, 0.29) is 6.04 Å². The third kappa shape index (κ3) is 4.94. The van der Waals surface area contributed by atoms with Gasteiger partial charge < -0.3 is 0 Å². The zero-order chi connectivity index (χ0) is 14.4. The van der Waals surface area contributed by atoms with Gasteiger partial charge in [-0.1, -0.05) is 51.8 Å². The minimum atomic E-state index is 0.265. The van der Waals surface area contributed by atoms with Crippen molar-refractivity contribution < 1.29 is 0 Å². The minimum Gasteiger partial charge on any atom is -0.271 e. The van der Waals surface area contributed by atoms with Crippen LogP contribution in [0.25, 0.3) is 0 Å². The highest BCUT2D eigenvalue weighted by atomic mass is 79.9. The first-order chi connectivity index (χ1) is 9.67.